The first-order chi connectivity index (χ1) is 16.3. The van der Waals surface area contributed by atoms with Gasteiger partial charge >= 0.3 is 0 Å². The number of imidazole rings is 1. The molecule has 0 aliphatic rings. The minimum Gasteiger partial charge on any atom is -0.331 e. The van der Waals surface area contributed by atoms with Gasteiger partial charge in [-0.1, -0.05) is 26.0 Å². The number of aromatic amines is 1. The fourth-order valence-electron chi connectivity index (χ4n) is 3.96. The second-order valence-corrected chi connectivity index (χ2v) is 9.86. The first kappa shape index (κ1) is 23.7. The summed E-state index contributed by atoms with van der Waals surface area (Å²) in [6.07, 6.45) is 2.35. The number of hydrogen-bond donors (Lipinski definition) is 2. The van der Waals surface area contributed by atoms with Crippen LogP contribution >= 0.6 is 0 Å². The first-order valence-corrected chi connectivity index (χ1v) is 12.6. The number of fused-ring (bicyclic) bond motifs is 1. The number of rotatable bonds is 9. The van der Waals surface area contributed by atoms with Gasteiger partial charge in [-0.2, -0.15) is 9.40 Å². The Hall–Kier alpha value is -3.50. The van der Waals surface area contributed by atoms with E-state index >= 15 is 0 Å². The Labute approximate surface area is 198 Å². The quantitative estimate of drug-likeness (QED) is 0.380. The van der Waals surface area contributed by atoms with Gasteiger partial charge in [0.25, 0.3) is 0 Å². The van der Waals surface area contributed by atoms with Crippen molar-refractivity contribution in [2.24, 2.45) is 7.05 Å². The molecule has 1 amide bonds. The predicted octanol–water partition coefficient (Wildman–Crippen LogP) is 3.57. The third kappa shape index (κ3) is 4.73. The predicted molar refractivity (Wildman–Crippen MR) is 132 cm³/mol. The Balaban J connectivity index is 1.47. The third-order valence-electron chi connectivity index (χ3n) is 5.82. The van der Waals surface area contributed by atoms with Crippen molar-refractivity contribution >= 4 is 32.7 Å². The number of sulfonamides is 1. The van der Waals surface area contributed by atoms with Gasteiger partial charge in [0.2, 0.25) is 15.9 Å². The molecule has 2 N–H and O–H groups in total. The largest absolute Gasteiger partial charge is 0.331 e. The number of benzene rings is 2. The minimum atomic E-state index is -3.56. The van der Waals surface area contributed by atoms with Crippen LogP contribution in [0.3, 0.4) is 0 Å². The number of hydrogen-bond acceptors (Lipinski definition) is 5. The summed E-state index contributed by atoms with van der Waals surface area (Å²) in [5.41, 5.74) is 3.92. The van der Waals surface area contributed by atoms with Gasteiger partial charge in [-0.25, -0.2) is 13.4 Å². The Morgan fingerprint density at radius 2 is 1.91 bits per heavy atom. The molecule has 0 saturated heterocycles. The lowest BCUT2D eigenvalue weighted by atomic mass is 10.1. The number of nitrogens with one attached hydrogen (secondary N) is 2. The number of carbonyl (C=O) groups is 1. The van der Waals surface area contributed by atoms with Gasteiger partial charge < -0.3 is 9.88 Å². The highest BCUT2D eigenvalue weighted by molar-refractivity contribution is 7.89. The van der Waals surface area contributed by atoms with E-state index in [2.05, 4.69) is 20.5 Å². The molecule has 0 saturated carbocycles. The third-order valence-corrected chi connectivity index (χ3v) is 7.87. The highest BCUT2D eigenvalue weighted by atomic mass is 32.2. The van der Waals surface area contributed by atoms with Gasteiger partial charge in [0.05, 0.1) is 21.6 Å². The minimum absolute atomic E-state index is 0.126. The summed E-state index contributed by atoms with van der Waals surface area (Å²) in [5.74, 6) is 0.590. The van der Waals surface area contributed by atoms with Crippen molar-refractivity contribution in [1.82, 2.24) is 24.1 Å². The normalized spacial score (nSPS) is 11.9. The number of aromatic nitrogens is 4. The van der Waals surface area contributed by atoms with Crippen LogP contribution in [0.2, 0.25) is 0 Å². The Morgan fingerprint density at radius 3 is 2.62 bits per heavy atom. The smallest absolute Gasteiger partial charge is 0.243 e. The van der Waals surface area contributed by atoms with Crippen molar-refractivity contribution in [1.29, 1.82) is 0 Å². The zero-order chi connectivity index (χ0) is 24.3. The maximum Gasteiger partial charge on any atom is 0.243 e. The van der Waals surface area contributed by atoms with Crippen LogP contribution in [0.15, 0.2) is 59.6 Å². The number of anilines is 1. The molecule has 0 fully saturated rings. The van der Waals surface area contributed by atoms with E-state index in [0.29, 0.717) is 36.5 Å². The molecule has 34 heavy (non-hydrogen) atoms. The standard InChI is InChI=1S/C24H28N6O3S/c1-4-30(5-2)34(32,33)19-9-10-22-21(16-19)27-23(29(22)3)11-12-24(31)26-18-8-6-7-17(15-18)20-13-14-25-28-20/h6-10,13-16H,4-5,11-12H2,1-3H3,(H,25,28)(H,26,31). The van der Waals surface area contributed by atoms with Crippen LogP contribution in [0, 0.1) is 0 Å². The molecule has 10 heteroatoms. The van der Waals surface area contributed by atoms with Crippen molar-refractivity contribution in [3.8, 4) is 11.3 Å². The lowest BCUT2D eigenvalue weighted by Crippen LogP contribution is -2.30. The molecule has 4 aromatic rings. The van der Waals surface area contributed by atoms with Crippen LogP contribution in [-0.2, 0) is 28.3 Å². The Morgan fingerprint density at radius 1 is 1.12 bits per heavy atom. The van der Waals surface area contributed by atoms with Crippen LogP contribution in [0.4, 0.5) is 5.69 Å². The molecular weight excluding hydrogens is 452 g/mol. The molecule has 0 spiro atoms. The van der Waals surface area contributed by atoms with Crippen LogP contribution in [-0.4, -0.2) is 51.5 Å². The molecule has 0 aliphatic heterocycles. The lowest BCUT2D eigenvalue weighted by molar-refractivity contribution is -0.116. The van der Waals surface area contributed by atoms with E-state index in [0.717, 1.165) is 16.8 Å². The molecule has 0 aliphatic carbocycles. The molecule has 0 unspecified atom stereocenters. The van der Waals surface area contributed by atoms with Crippen LogP contribution in [0.1, 0.15) is 26.1 Å². The molecule has 2 aromatic carbocycles. The number of nitrogens with zero attached hydrogens (tertiary/aromatic N) is 4. The van der Waals surface area contributed by atoms with E-state index in [-0.39, 0.29) is 17.2 Å². The molecule has 4 rings (SSSR count). The molecule has 0 radical (unpaired) electrons. The SMILES string of the molecule is CCN(CC)S(=O)(=O)c1ccc2c(c1)nc(CCC(=O)Nc1cccc(-c3ccn[nH]3)c1)n2C. The number of carbonyl (C=O) groups excluding carboxylic acids is 1. The van der Waals surface area contributed by atoms with E-state index in [1.807, 2.05) is 55.8 Å². The van der Waals surface area contributed by atoms with Crippen molar-refractivity contribution < 1.29 is 13.2 Å². The van der Waals surface area contributed by atoms with E-state index < -0.39 is 10.0 Å². The van der Waals surface area contributed by atoms with Crippen LogP contribution in [0.5, 0.6) is 0 Å². The molecule has 2 heterocycles. The fraction of sp³-hybridized carbons (Fsp3) is 0.292. The number of aryl methyl sites for hydroxylation is 2. The lowest BCUT2D eigenvalue weighted by Gasteiger charge is -2.18. The topological polar surface area (TPSA) is 113 Å². The van der Waals surface area contributed by atoms with Gasteiger partial charge in [0, 0.05) is 50.4 Å². The highest BCUT2D eigenvalue weighted by Gasteiger charge is 2.22. The zero-order valence-corrected chi connectivity index (χ0v) is 20.3. The molecule has 2 aromatic heterocycles. The molecular formula is C24H28N6O3S. The molecule has 9 nitrogen and oxygen atoms in total. The Bertz CT molecular complexity index is 1410. The van der Waals surface area contributed by atoms with Gasteiger partial charge in [-0.05, 0) is 36.4 Å². The average molecular weight is 481 g/mol. The summed E-state index contributed by atoms with van der Waals surface area (Å²) in [7, 11) is -1.69. The van der Waals surface area contributed by atoms with E-state index in [4.69, 9.17) is 0 Å². The van der Waals surface area contributed by atoms with Crippen molar-refractivity contribution in [2.75, 3.05) is 18.4 Å². The van der Waals surface area contributed by atoms with E-state index in [9.17, 15) is 13.2 Å². The first-order valence-electron chi connectivity index (χ1n) is 11.2. The monoisotopic (exact) mass is 480 g/mol. The fourth-order valence-corrected chi connectivity index (χ4v) is 5.43. The van der Waals surface area contributed by atoms with Gasteiger partial charge in [-0.3, -0.25) is 9.89 Å². The maximum atomic E-state index is 12.9. The van der Waals surface area contributed by atoms with E-state index in [1.165, 1.54) is 4.31 Å². The van der Waals surface area contributed by atoms with Gasteiger partial charge in [0.1, 0.15) is 5.82 Å². The summed E-state index contributed by atoms with van der Waals surface area (Å²) in [5, 5.41) is 9.80. The summed E-state index contributed by atoms with van der Waals surface area (Å²) in [4.78, 5) is 17.4. The number of amides is 1. The molecule has 178 valence electrons. The van der Waals surface area contributed by atoms with Gasteiger partial charge in [0.15, 0.2) is 0 Å². The average Bonchev–Trinajstić information content (AvgIpc) is 3.47. The summed E-state index contributed by atoms with van der Waals surface area (Å²) in [6.45, 7) is 4.45. The van der Waals surface area contributed by atoms with Crippen molar-refractivity contribution in [3.05, 3.63) is 60.6 Å². The maximum absolute atomic E-state index is 12.9. The van der Waals surface area contributed by atoms with Crippen LogP contribution in [0.25, 0.3) is 22.3 Å². The highest BCUT2D eigenvalue weighted by Crippen LogP contribution is 2.23. The van der Waals surface area contributed by atoms with Crippen molar-refractivity contribution in [3.63, 3.8) is 0 Å². The molecule has 0 atom stereocenters. The van der Waals surface area contributed by atoms with E-state index in [1.54, 1.807) is 24.4 Å². The Kier molecular flexibility index (Phi) is 6.80. The summed E-state index contributed by atoms with van der Waals surface area (Å²) < 4.78 is 29.0. The summed E-state index contributed by atoms with van der Waals surface area (Å²) in [6, 6.07) is 14.4. The second kappa shape index (κ2) is 9.78. The summed E-state index contributed by atoms with van der Waals surface area (Å²) >= 11 is 0. The second-order valence-electron chi connectivity index (χ2n) is 7.93. The zero-order valence-electron chi connectivity index (χ0n) is 19.4. The molecule has 0 bridgehead atoms. The van der Waals surface area contributed by atoms with Crippen molar-refractivity contribution in [2.45, 2.75) is 31.6 Å². The van der Waals surface area contributed by atoms with Crippen LogP contribution < -0.4 is 5.32 Å². The van der Waals surface area contributed by atoms with Gasteiger partial charge in [-0.15, -0.1) is 0 Å². The number of H-pyrrole nitrogens is 1.